The first-order valence-corrected chi connectivity index (χ1v) is 11.5. The molecule has 0 bridgehead atoms. The first-order valence-electron chi connectivity index (χ1n) is 10.0. The number of piperazine rings is 1. The zero-order valence-electron chi connectivity index (χ0n) is 18.2. The minimum absolute atomic E-state index is 0.253. The molecule has 0 spiro atoms. The van der Waals surface area contributed by atoms with Gasteiger partial charge in [0.05, 0.1) is 22.6 Å². The number of carbonyl (C=O) groups excluding carboxylic acids is 1. The van der Waals surface area contributed by atoms with Crippen molar-refractivity contribution in [3.8, 4) is 5.75 Å². The lowest BCUT2D eigenvalue weighted by molar-refractivity contribution is -0.385. The molecule has 0 radical (unpaired) electrons. The number of nitro groups is 1. The summed E-state index contributed by atoms with van der Waals surface area (Å²) in [6.45, 7) is 3.52. The van der Waals surface area contributed by atoms with Gasteiger partial charge in [-0.05, 0) is 44.3 Å². The number of benzene rings is 2. The third-order valence-electron chi connectivity index (χ3n) is 5.46. The van der Waals surface area contributed by atoms with E-state index in [1.807, 2.05) is 7.05 Å². The monoisotopic (exact) mass is 462 g/mol. The number of sulfonamides is 1. The fourth-order valence-corrected chi connectivity index (χ4v) is 4.85. The quantitative estimate of drug-likeness (QED) is 0.456. The highest BCUT2D eigenvalue weighted by Crippen LogP contribution is 2.29. The van der Waals surface area contributed by atoms with Crippen LogP contribution in [0.15, 0.2) is 47.4 Å². The second kappa shape index (κ2) is 9.53. The number of likely N-dealkylation sites (N-methyl/N-ethyl adjacent to an activating group) is 1. The molecule has 0 atom stereocenters. The molecule has 32 heavy (non-hydrogen) atoms. The van der Waals surface area contributed by atoms with E-state index in [1.54, 1.807) is 17.0 Å². The van der Waals surface area contributed by atoms with Gasteiger partial charge >= 0.3 is 0 Å². The van der Waals surface area contributed by atoms with Crippen LogP contribution in [-0.2, 0) is 14.8 Å². The van der Waals surface area contributed by atoms with Gasteiger partial charge in [-0.2, -0.15) is 0 Å². The standard InChI is InChI=1S/C21H26N4O6S/c1-16-4-9-19(14-20(16)25(27)28)32(29,30)24(17-5-7-18(31-3)8-6-17)15-21(26)23-12-10-22(2)11-13-23/h4-9,14H,10-13,15H2,1-3H3. The zero-order chi connectivity index (χ0) is 23.5. The van der Waals surface area contributed by atoms with Crippen molar-refractivity contribution in [2.45, 2.75) is 11.8 Å². The zero-order valence-corrected chi connectivity index (χ0v) is 19.0. The molecule has 1 fully saturated rings. The molecule has 3 rings (SSSR count). The maximum absolute atomic E-state index is 13.5. The molecule has 1 aliphatic heterocycles. The molecule has 0 saturated carbocycles. The molecule has 0 aliphatic carbocycles. The lowest BCUT2D eigenvalue weighted by Crippen LogP contribution is -2.50. The Bertz CT molecular complexity index is 1100. The number of amides is 1. The number of nitrogens with zero attached hydrogens (tertiary/aromatic N) is 4. The van der Waals surface area contributed by atoms with Crippen LogP contribution >= 0.6 is 0 Å². The topological polar surface area (TPSA) is 113 Å². The van der Waals surface area contributed by atoms with Crippen LogP contribution in [0.25, 0.3) is 0 Å². The van der Waals surface area contributed by atoms with E-state index < -0.39 is 21.5 Å². The second-order valence-corrected chi connectivity index (χ2v) is 9.46. The number of aryl methyl sites for hydroxylation is 1. The van der Waals surface area contributed by atoms with Gasteiger partial charge in [0, 0.05) is 37.8 Å². The van der Waals surface area contributed by atoms with E-state index in [2.05, 4.69) is 4.90 Å². The summed E-state index contributed by atoms with van der Waals surface area (Å²) in [5.41, 5.74) is 0.307. The average molecular weight is 463 g/mol. The average Bonchev–Trinajstić information content (AvgIpc) is 2.77. The third kappa shape index (κ3) is 5.00. The van der Waals surface area contributed by atoms with Gasteiger partial charge in [-0.1, -0.05) is 6.07 Å². The van der Waals surface area contributed by atoms with Crippen molar-refractivity contribution in [1.29, 1.82) is 0 Å². The van der Waals surface area contributed by atoms with Crippen LogP contribution in [-0.4, -0.2) is 75.9 Å². The number of hydrogen-bond acceptors (Lipinski definition) is 7. The molecule has 1 amide bonds. The van der Waals surface area contributed by atoms with Crippen molar-refractivity contribution in [2.75, 3.05) is 51.2 Å². The van der Waals surface area contributed by atoms with Crippen molar-refractivity contribution < 1.29 is 22.9 Å². The van der Waals surface area contributed by atoms with Crippen molar-refractivity contribution in [3.05, 3.63) is 58.1 Å². The molecular formula is C21H26N4O6S. The lowest BCUT2D eigenvalue weighted by Gasteiger charge is -2.34. The Kier molecular flexibility index (Phi) is 6.99. The number of hydrogen-bond donors (Lipinski definition) is 0. The molecule has 172 valence electrons. The SMILES string of the molecule is COc1ccc(N(CC(=O)N2CCN(C)CC2)S(=O)(=O)c2ccc(C)c([N+](=O)[O-])c2)cc1. The van der Waals surface area contributed by atoms with Gasteiger partial charge in [-0.25, -0.2) is 8.42 Å². The first-order chi connectivity index (χ1) is 15.1. The Morgan fingerprint density at radius 2 is 1.75 bits per heavy atom. The molecule has 0 unspecified atom stereocenters. The predicted molar refractivity (Wildman–Crippen MR) is 119 cm³/mol. The lowest BCUT2D eigenvalue weighted by atomic mass is 10.2. The number of nitro benzene ring substituents is 1. The van der Waals surface area contributed by atoms with E-state index in [1.165, 1.54) is 38.3 Å². The van der Waals surface area contributed by atoms with Crippen LogP contribution in [0.3, 0.4) is 0 Å². The van der Waals surface area contributed by atoms with Crippen molar-refractivity contribution in [3.63, 3.8) is 0 Å². The Morgan fingerprint density at radius 1 is 1.12 bits per heavy atom. The van der Waals surface area contributed by atoms with Gasteiger partial charge in [0.15, 0.2) is 0 Å². The van der Waals surface area contributed by atoms with E-state index >= 15 is 0 Å². The minimum atomic E-state index is -4.26. The van der Waals surface area contributed by atoms with E-state index in [4.69, 9.17) is 4.74 Å². The first kappa shape index (κ1) is 23.5. The summed E-state index contributed by atoms with van der Waals surface area (Å²) < 4.78 is 33.2. The molecular weight excluding hydrogens is 436 g/mol. The van der Waals surface area contributed by atoms with Crippen molar-refractivity contribution in [1.82, 2.24) is 9.80 Å². The molecule has 0 N–H and O–H groups in total. The van der Waals surface area contributed by atoms with E-state index in [0.717, 1.165) is 10.4 Å². The van der Waals surface area contributed by atoms with Gasteiger partial charge in [0.2, 0.25) is 5.91 Å². The maximum Gasteiger partial charge on any atom is 0.273 e. The van der Waals surface area contributed by atoms with Gasteiger partial charge in [0.25, 0.3) is 15.7 Å². The molecule has 1 aliphatic rings. The van der Waals surface area contributed by atoms with Crippen molar-refractivity contribution in [2.24, 2.45) is 0 Å². The molecule has 2 aromatic carbocycles. The van der Waals surface area contributed by atoms with Crippen molar-refractivity contribution >= 4 is 27.3 Å². The molecule has 2 aromatic rings. The molecule has 10 nitrogen and oxygen atoms in total. The molecule has 1 saturated heterocycles. The summed E-state index contributed by atoms with van der Waals surface area (Å²) in [5, 5.41) is 11.3. The van der Waals surface area contributed by atoms with Gasteiger partial charge in [-0.3, -0.25) is 19.2 Å². The summed E-state index contributed by atoms with van der Waals surface area (Å²) in [4.78, 5) is 27.2. The van der Waals surface area contributed by atoms with E-state index in [0.29, 0.717) is 37.5 Å². The third-order valence-corrected chi connectivity index (χ3v) is 7.23. The minimum Gasteiger partial charge on any atom is -0.497 e. The van der Waals surface area contributed by atoms with Crippen LogP contribution in [0.2, 0.25) is 0 Å². The van der Waals surface area contributed by atoms with Gasteiger partial charge < -0.3 is 14.5 Å². The number of carbonyl (C=O) groups is 1. The Balaban J connectivity index is 2.00. The number of ether oxygens (including phenoxy) is 1. The maximum atomic E-state index is 13.5. The molecule has 1 heterocycles. The molecule has 0 aromatic heterocycles. The van der Waals surface area contributed by atoms with Crippen LogP contribution in [0, 0.1) is 17.0 Å². The number of anilines is 1. The second-order valence-electron chi connectivity index (χ2n) is 7.60. The van der Waals surface area contributed by atoms with Crippen LogP contribution in [0.5, 0.6) is 5.75 Å². The summed E-state index contributed by atoms with van der Waals surface area (Å²) in [6.07, 6.45) is 0. The van der Waals surface area contributed by atoms with Crippen LogP contribution < -0.4 is 9.04 Å². The smallest absolute Gasteiger partial charge is 0.273 e. The van der Waals surface area contributed by atoms with Gasteiger partial charge in [0.1, 0.15) is 12.3 Å². The fourth-order valence-electron chi connectivity index (χ4n) is 3.42. The Labute approximate surface area is 187 Å². The summed E-state index contributed by atoms with van der Waals surface area (Å²) in [7, 11) is -0.810. The van der Waals surface area contributed by atoms with Crippen LogP contribution in [0.4, 0.5) is 11.4 Å². The highest BCUT2D eigenvalue weighted by molar-refractivity contribution is 7.92. The summed E-state index contributed by atoms with van der Waals surface area (Å²) >= 11 is 0. The van der Waals surface area contributed by atoms with E-state index in [9.17, 15) is 23.3 Å². The Hall–Kier alpha value is -3.18. The van der Waals surface area contributed by atoms with Crippen LogP contribution in [0.1, 0.15) is 5.56 Å². The normalized spacial score (nSPS) is 14.8. The Morgan fingerprint density at radius 3 is 2.31 bits per heavy atom. The van der Waals surface area contributed by atoms with Gasteiger partial charge in [-0.15, -0.1) is 0 Å². The highest BCUT2D eigenvalue weighted by atomic mass is 32.2. The highest BCUT2D eigenvalue weighted by Gasteiger charge is 2.31. The largest absolute Gasteiger partial charge is 0.497 e. The fraction of sp³-hybridized carbons (Fsp3) is 0.381. The molecule has 11 heteroatoms. The summed E-state index contributed by atoms with van der Waals surface area (Å²) in [5.74, 6) is 0.196. The van der Waals surface area contributed by atoms with E-state index in [-0.39, 0.29) is 22.2 Å². The predicted octanol–water partition coefficient (Wildman–Crippen LogP) is 1.88. The summed E-state index contributed by atoms with van der Waals surface area (Å²) in [6, 6.07) is 9.99. The number of rotatable bonds is 7. The number of methoxy groups -OCH3 is 1.